The Labute approximate surface area is 126 Å². The molecular formula is C19H24O2. The molecule has 112 valence electrons. The fourth-order valence-electron chi connectivity index (χ4n) is 5.04. The van der Waals surface area contributed by atoms with Crippen molar-refractivity contribution >= 4 is 0 Å². The average molecular weight is 284 g/mol. The van der Waals surface area contributed by atoms with Crippen molar-refractivity contribution in [1.82, 2.24) is 0 Å². The molecule has 0 bridgehead atoms. The van der Waals surface area contributed by atoms with E-state index in [0.717, 1.165) is 31.4 Å². The van der Waals surface area contributed by atoms with Gasteiger partial charge in [0.2, 0.25) is 0 Å². The molecule has 1 aromatic rings. The van der Waals surface area contributed by atoms with E-state index >= 15 is 0 Å². The average Bonchev–Trinajstić information content (AvgIpc) is 2.86. The summed E-state index contributed by atoms with van der Waals surface area (Å²) in [6, 6.07) is 6.60. The van der Waals surface area contributed by atoms with Crippen LogP contribution in [0.4, 0.5) is 0 Å². The van der Waals surface area contributed by atoms with Crippen LogP contribution in [-0.2, 0) is 11.8 Å². The van der Waals surface area contributed by atoms with Crippen LogP contribution >= 0.6 is 0 Å². The Kier molecular flexibility index (Phi) is 2.94. The second-order valence-electron chi connectivity index (χ2n) is 7.19. The third-order valence-corrected chi connectivity index (χ3v) is 6.10. The molecule has 1 saturated carbocycles. The van der Waals surface area contributed by atoms with E-state index in [2.05, 4.69) is 25.1 Å². The van der Waals surface area contributed by atoms with Gasteiger partial charge >= 0.3 is 0 Å². The molecule has 2 nitrogen and oxygen atoms in total. The summed E-state index contributed by atoms with van der Waals surface area (Å²) in [7, 11) is 1.74. The van der Waals surface area contributed by atoms with E-state index in [1.807, 2.05) is 0 Å². The van der Waals surface area contributed by atoms with Gasteiger partial charge in [0.1, 0.15) is 5.75 Å². The minimum atomic E-state index is -0.0999. The van der Waals surface area contributed by atoms with Crippen molar-refractivity contribution in [3.05, 3.63) is 40.5 Å². The van der Waals surface area contributed by atoms with Gasteiger partial charge in [0.25, 0.3) is 0 Å². The van der Waals surface area contributed by atoms with E-state index in [-0.39, 0.29) is 11.5 Å². The van der Waals surface area contributed by atoms with Crippen LogP contribution in [0.1, 0.15) is 50.2 Å². The van der Waals surface area contributed by atoms with E-state index in [4.69, 9.17) is 4.74 Å². The van der Waals surface area contributed by atoms with Crippen molar-refractivity contribution < 1.29 is 9.84 Å². The molecule has 0 spiro atoms. The number of benzene rings is 1. The summed E-state index contributed by atoms with van der Waals surface area (Å²) in [5.74, 6) is 1.63. The maximum atomic E-state index is 10.0. The van der Waals surface area contributed by atoms with E-state index in [1.165, 1.54) is 24.0 Å². The Morgan fingerprint density at radius 3 is 2.95 bits per heavy atom. The molecule has 0 radical (unpaired) electrons. The molecule has 3 aliphatic rings. The lowest BCUT2D eigenvalue weighted by molar-refractivity contribution is 0.177. The van der Waals surface area contributed by atoms with Crippen LogP contribution in [0.25, 0.3) is 0 Å². The Morgan fingerprint density at radius 1 is 1.29 bits per heavy atom. The van der Waals surface area contributed by atoms with E-state index in [1.54, 1.807) is 18.3 Å². The Bertz CT molecular complexity index is 616. The van der Waals surface area contributed by atoms with Gasteiger partial charge in [-0.2, -0.15) is 0 Å². The summed E-state index contributed by atoms with van der Waals surface area (Å²) < 4.78 is 5.39. The lowest BCUT2D eigenvalue weighted by Gasteiger charge is -2.44. The predicted molar refractivity (Wildman–Crippen MR) is 83.7 cm³/mol. The van der Waals surface area contributed by atoms with Gasteiger partial charge in [-0.25, -0.2) is 0 Å². The number of fused-ring (bicyclic) bond motifs is 4. The molecule has 2 heteroatoms. The maximum Gasteiger partial charge on any atom is 0.119 e. The number of aliphatic hydroxyl groups excluding tert-OH is 1. The third kappa shape index (κ3) is 1.88. The monoisotopic (exact) mass is 284 g/mol. The number of hydrogen-bond acceptors (Lipinski definition) is 2. The Morgan fingerprint density at radius 2 is 2.14 bits per heavy atom. The molecule has 3 aliphatic carbocycles. The molecule has 0 heterocycles. The first-order chi connectivity index (χ1) is 10.1. The van der Waals surface area contributed by atoms with Crippen LogP contribution in [0.3, 0.4) is 0 Å². The number of ether oxygens (including phenoxy) is 1. The number of rotatable bonds is 1. The highest BCUT2D eigenvalue weighted by Crippen LogP contribution is 2.54. The molecule has 1 N–H and O–H groups in total. The first-order valence-corrected chi connectivity index (χ1v) is 8.19. The van der Waals surface area contributed by atoms with Crippen LogP contribution in [-0.4, -0.2) is 18.3 Å². The molecule has 0 saturated heterocycles. The van der Waals surface area contributed by atoms with Crippen LogP contribution < -0.4 is 4.74 Å². The zero-order chi connectivity index (χ0) is 14.6. The fourth-order valence-corrected chi connectivity index (χ4v) is 5.04. The van der Waals surface area contributed by atoms with Gasteiger partial charge in [-0.3, -0.25) is 0 Å². The van der Waals surface area contributed by atoms with Crippen molar-refractivity contribution in [3.8, 4) is 5.75 Å². The second-order valence-corrected chi connectivity index (χ2v) is 7.19. The molecule has 21 heavy (non-hydrogen) atoms. The summed E-state index contributed by atoms with van der Waals surface area (Å²) in [6.07, 6.45) is 6.54. The minimum absolute atomic E-state index is 0.0999. The van der Waals surface area contributed by atoms with E-state index in [9.17, 15) is 5.11 Å². The van der Waals surface area contributed by atoms with Gasteiger partial charge in [0, 0.05) is 5.41 Å². The van der Waals surface area contributed by atoms with Crippen molar-refractivity contribution in [2.75, 3.05) is 7.11 Å². The van der Waals surface area contributed by atoms with Gasteiger partial charge in [-0.15, -0.1) is 0 Å². The summed E-state index contributed by atoms with van der Waals surface area (Å²) in [6.45, 7) is 2.42. The zero-order valence-electron chi connectivity index (χ0n) is 13.0. The molecule has 0 aliphatic heterocycles. The largest absolute Gasteiger partial charge is 0.497 e. The lowest BCUT2D eigenvalue weighted by Crippen LogP contribution is -2.35. The standard InChI is InChI=1S/C19H24O2/c1-19-8-7-12-9-14(20)11-16(12)18(19)5-3-13-10-15(21-2)4-6-17(13)19/h4,6,10,12,14,20H,3,5,7-9,11H2,1-2H3. The third-order valence-electron chi connectivity index (χ3n) is 6.10. The highest BCUT2D eigenvalue weighted by Gasteiger charge is 2.45. The molecule has 1 fully saturated rings. The van der Waals surface area contributed by atoms with E-state index in [0.29, 0.717) is 5.92 Å². The topological polar surface area (TPSA) is 29.5 Å². The Balaban J connectivity index is 1.83. The minimum Gasteiger partial charge on any atom is -0.497 e. The van der Waals surface area contributed by atoms with Crippen molar-refractivity contribution in [1.29, 1.82) is 0 Å². The highest BCUT2D eigenvalue weighted by molar-refractivity contribution is 5.51. The van der Waals surface area contributed by atoms with E-state index < -0.39 is 0 Å². The lowest BCUT2D eigenvalue weighted by atomic mass is 9.60. The molecule has 1 aromatic carbocycles. The first-order valence-electron chi connectivity index (χ1n) is 8.19. The number of aliphatic hydroxyl groups is 1. The number of aryl methyl sites for hydroxylation is 1. The fraction of sp³-hybridized carbons (Fsp3) is 0.579. The van der Waals surface area contributed by atoms with Crippen molar-refractivity contribution in [3.63, 3.8) is 0 Å². The Hall–Kier alpha value is -1.28. The van der Waals surface area contributed by atoms with Crippen LogP contribution in [0.5, 0.6) is 5.75 Å². The second kappa shape index (κ2) is 4.61. The first kappa shape index (κ1) is 13.4. The number of allylic oxidation sites excluding steroid dienone is 1. The smallest absolute Gasteiger partial charge is 0.119 e. The predicted octanol–water partition coefficient (Wildman–Crippen LogP) is 3.76. The molecule has 0 amide bonds. The maximum absolute atomic E-state index is 10.0. The quantitative estimate of drug-likeness (QED) is 0.796. The molecule has 3 atom stereocenters. The highest BCUT2D eigenvalue weighted by atomic mass is 16.5. The molecule has 4 rings (SSSR count). The molecular weight excluding hydrogens is 260 g/mol. The summed E-state index contributed by atoms with van der Waals surface area (Å²) in [5.41, 5.74) is 6.39. The van der Waals surface area contributed by atoms with Gasteiger partial charge in [-0.1, -0.05) is 24.1 Å². The van der Waals surface area contributed by atoms with Crippen molar-refractivity contribution in [2.45, 2.75) is 57.0 Å². The number of methoxy groups -OCH3 is 1. The molecule has 3 unspecified atom stereocenters. The molecule has 0 aromatic heterocycles. The van der Waals surface area contributed by atoms with Crippen LogP contribution in [0, 0.1) is 5.92 Å². The SMILES string of the molecule is COc1ccc2c(c1)CCC1=C3CC(O)CC3CCC12C. The summed E-state index contributed by atoms with van der Waals surface area (Å²) in [5, 5.41) is 10.0. The van der Waals surface area contributed by atoms with Gasteiger partial charge < -0.3 is 9.84 Å². The van der Waals surface area contributed by atoms with Gasteiger partial charge in [-0.05, 0) is 67.7 Å². The van der Waals surface area contributed by atoms with Crippen LogP contribution in [0.2, 0.25) is 0 Å². The summed E-state index contributed by atoms with van der Waals surface area (Å²) >= 11 is 0. The van der Waals surface area contributed by atoms with Crippen molar-refractivity contribution in [2.24, 2.45) is 5.92 Å². The summed E-state index contributed by atoms with van der Waals surface area (Å²) in [4.78, 5) is 0. The zero-order valence-corrected chi connectivity index (χ0v) is 13.0. The number of hydrogen-bond donors (Lipinski definition) is 1. The van der Waals surface area contributed by atoms with Crippen LogP contribution in [0.15, 0.2) is 29.3 Å². The normalized spacial score (nSPS) is 34.2. The van der Waals surface area contributed by atoms with Gasteiger partial charge in [0.15, 0.2) is 0 Å². The van der Waals surface area contributed by atoms with Gasteiger partial charge in [0.05, 0.1) is 13.2 Å².